The second kappa shape index (κ2) is 5.85. The molecule has 2 fully saturated rings. The smallest absolute Gasteiger partial charge is 0.0473 e. The van der Waals surface area contributed by atoms with Gasteiger partial charge in [-0.25, -0.2) is 0 Å². The minimum atomic E-state index is 0.584. The summed E-state index contributed by atoms with van der Waals surface area (Å²) in [6.45, 7) is 4.77. The highest BCUT2D eigenvalue weighted by atomic mass is 15.2. The molecule has 0 amide bonds. The normalized spacial score (nSPS) is 26.6. The number of benzene rings is 1. The van der Waals surface area contributed by atoms with E-state index in [0.717, 1.165) is 19.0 Å². The zero-order chi connectivity index (χ0) is 12.2. The highest BCUT2D eigenvalue weighted by Gasteiger charge is 2.26. The molecule has 0 spiro atoms. The zero-order valence-corrected chi connectivity index (χ0v) is 11.1. The fourth-order valence-corrected chi connectivity index (χ4v) is 3.49. The molecule has 18 heavy (non-hydrogen) atoms. The van der Waals surface area contributed by atoms with Crippen molar-refractivity contribution in [1.82, 2.24) is 10.2 Å². The molecular weight excluding hydrogens is 220 g/mol. The van der Waals surface area contributed by atoms with Gasteiger partial charge in [-0.3, -0.25) is 4.90 Å². The molecule has 1 atom stereocenters. The Balaban J connectivity index is 1.69. The summed E-state index contributed by atoms with van der Waals surface area (Å²) in [6, 6.07) is 11.6. The number of hydrogen-bond donors (Lipinski definition) is 1. The van der Waals surface area contributed by atoms with Crippen LogP contribution in [0.5, 0.6) is 0 Å². The maximum absolute atomic E-state index is 3.55. The van der Waals surface area contributed by atoms with Crippen molar-refractivity contribution in [2.24, 2.45) is 5.92 Å². The lowest BCUT2D eigenvalue weighted by atomic mass is 10.0. The molecule has 2 heteroatoms. The van der Waals surface area contributed by atoms with Gasteiger partial charge < -0.3 is 5.32 Å². The lowest BCUT2D eigenvalue weighted by Gasteiger charge is -2.38. The average molecular weight is 244 g/mol. The van der Waals surface area contributed by atoms with Gasteiger partial charge in [0, 0.05) is 32.2 Å². The van der Waals surface area contributed by atoms with Gasteiger partial charge in [0.2, 0.25) is 0 Å². The fraction of sp³-hybridized carbons (Fsp3) is 0.625. The highest BCUT2D eigenvalue weighted by molar-refractivity contribution is 5.20. The quantitative estimate of drug-likeness (QED) is 0.879. The van der Waals surface area contributed by atoms with E-state index < -0.39 is 0 Å². The Morgan fingerprint density at radius 2 is 1.89 bits per heavy atom. The summed E-state index contributed by atoms with van der Waals surface area (Å²) in [6.07, 6.45) is 5.80. The van der Waals surface area contributed by atoms with Crippen molar-refractivity contribution >= 4 is 0 Å². The molecule has 1 heterocycles. The fourth-order valence-electron chi connectivity index (χ4n) is 3.49. The third kappa shape index (κ3) is 2.76. The van der Waals surface area contributed by atoms with Crippen LogP contribution >= 0.6 is 0 Å². The summed E-state index contributed by atoms with van der Waals surface area (Å²) in [5.74, 6) is 0.953. The molecule has 1 saturated heterocycles. The second-order valence-electron chi connectivity index (χ2n) is 5.78. The molecule has 2 nitrogen and oxygen atoms in total. The first-order chi connectivity index (χ1) is 8.93. The topological polar surface area (TPSA) is 15.3 Å². The lowest BCUT2D eigenvalue weighted by molar-refractivity contribution is 0.138. The number of piperazine rings is 1. The van der Waals surface area contributed by atoms with Gasteiger partial charge in [-0.15, -0.1) is 0 Å². The standard InChI is InChI=1S/C16H24N2/c1-2-8-15(9-3-1)16-12-17-10-11-18(16)13-14-6-4-5-7-14/h1-3,8-9,14,16-17H,4-7,10-13H2. The van der Waals surface area contributed by atoms with E-state index in [4.69, 9.17) is 0 Å². The molecule has 1 aromatic rings. The summed E-state index contributed by atoms with van der Waals surface area (Å²) in [7, 11) is 0. The van der Waals surface area contributed by atoms with Crippen molar-refractivity contribution in [3.8, 4) is 0 Å². The van der Waals surface area contributed by atoms with Gasteiger partial charge >= 0.3 is 0 Å². The van der Waals surface area contributed by atoms with Crippen LogP contribution in [0.3, 0.4) is 0 Å². The van der Waals surface area contributed by atoms with Crippen molar-refractivity contribution in [3.63, 3.8) is 0 Å². The van der Waals surface area contributed by atoms with E-state index in [9.17, 15) is 0 Å². The first-order valence-electron chi connectivity index (χ1n) is 7.43. The van der Waals surface area contributed by atoms with E-state index in [-0.39, 0.29) is 0 Å². The molecule has 0 aromatic heterocycles. The highest BCUT2D eigenvalue weighted by Crippen LogP contribution is 2.29. The van der Waals surface area contributed by atoms with Gasteiger partial charge in [-0.05, 0) is 24.3 Å². The summed E-state index contributed by atoms with van der Waals surface area (Å²) in [5.41, 5.74) is 1.47. The zero-order valence-electron chi connectivity index (χ0n) is 11.1. The van der Waals surface area contributed by atoms with E-state index in [0.29, 0.717) is 6.04 Å². The van der Waals surface area contributed by atoms with Gasteiger partial charge in [0.05, 0.1) is 0 Å². The molecule has 1 saturated carbocycles. The van der Waals surface area contributed by atoms with E-state index in [1.165, 1.54) is 44.3 Å². The average Bonchev–Trinajstić information content (AvgIpc) is 2.93. The molecule has 0 bridgehead atoms. The Labute approximate surface area is 110 Å². The summed E-state index contributed by atoms with van der Waals surface area (Å²) >= 11 is 0. The van der Waals surface area contributed by atoms with Crippen LogP contribution in [0, 0.1) is 5.92 Å². The van der Waals surface area contributed by atoms with Crippen molar-refractivity contribution in [2.45, 2.75) is 31.7 Å². The number of rotatable bonds is 3. The molecule has 1 unspecified atom stereocenters. The molecule has 3 rings (SSSR count). The molecule has 0 radical (unpaired) electrons. The lowest BCUT2D eigenvalue weighted by Crippen LogP contribution is -2.47. The van der Waals surface area contributed by atoms with Crippen LogP contribution < -0.4 is 5.32 Å². The minimum Gasteiger partial charge on any atom is -0.314 e. The summed E-state index contributed by atoms with van der Waals surface area (Å²) in [4.78, 5) is 2.71. The first kappa shape index (κ1) is 12.2. The predicted molar refractivity (Wildman–Crippen MR) is 75.6 cm³/mol. The van der Waals surface area contributed by atoms with E-state index in [2.05, 4.69) is 40.5 Å². The third-order valence-electron chi connectivity index (χ3n) is 4.51. The summed E-state index contributed by atoms with van der Waals surface area (Å²) < 4.78 is 0. The van der Waals surface area contributed by atoms with Crippen LogP contribution in [0.4, 0.5) is 0 Å². The Morgan fingerprint density at radius 3 is 2.67 bits per heavy atom. The molecular formula is C16H24N2. The van der Waals surface area contributed by atoms with Crippen molar-refractivity contribution in [1.29, 1.82) is 0 Å². The van der Waals surface area contributed by atoms with Gasteiger partial charge in [-0.2, -0.15) is 0 Å². The molecule has 98 valence electrons. The van der Waals surface area contributed by atoms with E-state index in [1.54, 1.807) is 0 Å². The first-order valence-corrected chi connectivity index (χ1v) is 7.43. The van der Waals surface area contributed by atoms with Crippen LogP contribution in [0.25, 0.3) is 0 Å². The Hall–Kier alpha value is -0.860. The third-order valence-corrected chi connectivity index (χ3v) is 4.51. The van der Waals surface area contributed by atoms with Crippen LogP contribution in [-0.4, -0.2) is 31.1 Å². The maximum atomic E-state index is 3.55. The summed E-state index contributed by atoms with van der Waals surface area (Å²) in [5, 5.41) is 3.55. The maximum Gasteiger partial charge on any atom is 0.0473 e. The van der Waals surface area contributed by atoms with Gasteiger partial charge in [0.15, 0.2) is 0 Å². The van der Waals surface area contributed by atoms with Crippen molar-refractivity contribution in [3.05, 3.63) is 35.9 Å². The van der Waals surface area contributed by atoms with Crippen LogP contribution in [0.2, 0.25) is 0 Å². The molecule has 1 aromatic carbocycles. The van der Waals surface area contributed by atoms with Crippen LogP contribution in [0.1, 0.15) is 37.3 Å². The second-order valence-corrected chi connectivity index (χ2v) is 5.78. The number of nitrogens with zero attached hydrogens (tertiary/aromatic N) is 1. The largest absolute Gasteiger partial charge is 0.314 e. The monoisotopic (exact) mass is 244 g/mol. The predicted octanol–water partition coefficient (Wildman–Crippen LogP) is 2.82. The molecule has 2 aliphatic rings. The minimum absolute atomic E-state index is 0.584. The van der Waals surface area contributed by atoms with E-state index >= 15 is 0 Å². The molecule has 1 N–H and O–H groups in total. The van der Waals surface area contributed by atoms with Crippen molar-refractivity contribution in [2.75, 3.05) is 26.2 Å². The number of nitrogens with one attached hydrogen (secondary N) is 1. The van der Waals surface area contributed by atoms with Gasteiger partial charge in [0.1, 0.15) is 0 Å². The molecule has 1 aliphatic carbocycles. The Bertz CT molecular complexity index is 357. The van der Waals surface area contributed by atoms with Gasteiger partial charge in [-0.1, -0.05) is 43.2 Å². The number of hydrogen-bond acceptors (Lipinski definition) is 2. The molecule has 1 aliphatic heterocycles. The van der Waals surface area contributed by atoms with Gasteiger partial charge in [0.25, 0.3) is 0 Å². The SMILES string of the molecule is c1ccc(C2CNCCN2CC2CCCC2)cc1. The van der Waals surface area contributed by atoms with Crippen molar-refractivity contribution < 1.29 is 0 Å². The Morgan fingerprint density at radius 1 is 1.11 bits per heavy atom. The van der Waals surface area contributed by atoms with E-state index in [1.807, 2.05) is 0 Å². The van der Waals surface area contributed by atoms with Crippen LogP contribution in [0.15, 0.2) is 30.3 Å². The van der Waals surface area contributed by atoms with Crippen LogP contribution in [-0.2, 0) is 0 Å². The Kier molecular flexibility index (Phi) is 3.96.